The van der Waals surface area contributed by atoms with E-state index in [1.165, 1.54) is 6.42 Å². The maximum absolute atomic E-state index is 12.3. The Balaban J connectivity index is 1.86. The molecule has 0 spiro atoms. The monoisotopic (exact) mass is 225 g/mol. The quantitative estimate of drug-likeness (QED) is 0.674. The van der Waals surface area contributed by atoms with E-state index >= 15 is 0 Å². The van der Waals surface area contributed by atoms with Crippen LogP contribution in [-0.2, 0) is 4.79 Å². The zero-order valence-electron chi connectivity index (χ0n) is 10.5. The van der Waals surface area contributed by atoms with Crippen LogP contribution in [0.5, 0.6) is 0 Å². The average Bonchev–Trinajstić information content (AvgIpc) is 2.75. The minimum absolute atomic E-state index is 0.160. The van der Waals surface area contributed by atoms with Gasteiger partial charge in [-0.15, -0.1) is 0 Å². The topological polar surface area (TPSA) is 26.8 Å². The Labute approximate surface area is 98.2 Å². The molecule has 0 aromatic carbocycles. The number of likely N-dealkylation sites (tertiary alicyclic amines) is 1. The number of nitrogens with zero attached hydrogens (tertiary/aromatic N) is 3. The van der Waals surface area contributed by atoms with Crippen LogP contribution in [0.1, 0.15) is 19.8 Å². The van der Waals surface area contributed by atoms with Crippen LogP contribution in [0.3, 0.4) is 0 Å². The third-order valence-electron chi connectivity index (χ3n) is 3.94. The van der Waals surface area contributed by atoms with Crippen LogP contribution in [0.2, 0.25) is 0 Å². The Morgan fingerprint density at radius 2 is 1.88 bits per heavy atom. The maximum Gasteiger partial charge on any atom is 0.240 e. The first-order chi connectivity index (χ1) is 7.72. The van der Waals surface area contributed by atoms with Gasteiger partial charge in [-0.1, -0.05) is 6.92 Å². The van der Waals surface area contributed by atoms with Crippen molar-refractivity contribution in [3.05, 3.63) is 0 Å². The first-order valence-corrected chi connectivity index (χ1v) is 6.43. The number of likely N-dealkylation sites (N-methyl/N-ethyl adjacent to an activating group) is 2. The van der Waals surface area contributed by atoms with Crippen LogP contribution in [0.4, 0.5) is 0 Å². The summed E-state index contributed by atoms with van der Waals surface area (Å²) >= 11 is 0. The molecule has 1 amide bonds. The van der Waals surface area contributed by atoms with Crippen molar-refractivity contribution in [2.24, 2.45) is 0 Å². The minimum Gasteiger partial charge on any atom is -0.339 e. The second-order valence-electron chi connectivity index (χ2n) is 4.90. The van der Waals surface area contributed by atoms with Gasteiger partial charge in [-0.2, -0.15) is 0 Å². The molecule has 0 N–H and O–H groups in total. The van der Waals surface area contributed by atoms with Gasteiger partial charge in [0.05, 0.1) is 6.04 Å². The van der Waals surface area contributed by atoms with Crippen molar-refractivity contribution in [3.8, 4) is 0 Å². The summed E-state index contributed by atoms with van der Waals surface area (Å²) in [6.07, 6.45) is 2.21. The predicted octanol–water partition coefficient (Wildman–Crippen LogP) is 0.245. The number of carbonyl (C=O) groups is 1. The van der Waals surface area contributed by atoms with Crippen LogP contribution in [0, 0.1) is 0 Å². The van der Waals surface area contributed by atoms with Gasteiger partial charge in [-0.25, -0.2) is 0 Å². The van der Waals surface area contributed by atoms with Crippen molar-refractivity contribution in [1.29, 1.82) is 0 Å². The summed E-state index contributed by atoms with van der Waals surface area (Å²) in [5.41, 5.74) is 0. The van der Waals surface area contributed by atoms with Crippen molar-refractivity contribution in [2.45, 2.75) is 25.8 Å². The zero-order chi connectivity index (χ0) is 11.5. The number of hydrogen-bond acceptors (Lipinski definition) is 3. The first kappa shape index (κ1) is 11.9. The van der Waals surface area contributed by atoms with Crippen molar-refractivity contribution in [2.75, 3.05) is 46.3 Å². The van der Waals surface area contributed by atoms with E-state index in [-0.39, 0.29) is 6.04 Å². The van der Waals surface area contributed by atoms with Crippen LogP contribution in [0.25, 0.3) is 0 Å². The average molecular weight is 225 g/mol. The predicted molar refractivity (Wildman–Crippen MR) is 64.3 cm³/mol. The first-order valence-electron chi connectivity index (χ1n) is 6.43. The Morgan fingerprint density at radius 1 is 1.19 bits per heavy atom. The summed E-state index contributed by atoms with van der Waals surface area (Å²) in [5.74, 6) is 0.357. The molecule has 2 aliphatic rings. The lowest BCUT2D eigenvalue weighted by Crippen LogP contribution is -2.53. The maximum atomic E-state index is 12.3. The van der Waals surface area contributed by atoms with Crippen molar-refractivity contribution < 1.29 is 4.79 Å². The third-order valence-corrected chi connectivity index (χ3v) is 3.94. The molecule has 92 valence electrons. The molecular weight excluding hydrogens is 202 g/mol. The molecule has 4 nitrogen and oxygen atoms in total. The molecule has 0 bridgehead atoms. The van der Waals surface area contributed by atoms with Gasteiger partial charge < -0.3 is 9.80 Å². The van der Waals surface area contributed by atoms with Gasteiger partial charge in [0.25, 0.3) is 0 Å². The van der Waals surface area contributed by atoms with E-state index in [2.05, 4.69) is 28.7 Å². The van der Waals surface area contributed by atoms with Crippen LogP contribution in [0.15, 0.2) is 0 Å². The number of amides is 1. The molecule has 0 saturated carbocycles. The van der Waals surface area contributed by atoms with Crippen LogP contribution < -0.4 is 0 Å². The van der Waals surface area contributed by atoms with E-state index in [0.717, 1.165) is 45.7 Å². The fourth-order valence-electron chi connectivity index (χ4n) is 2.72. The van der Waals surface area contributed by atoms with Gasteiger partial charge in [0.15, 0.2) is 0 Å². The summed E-state index contributed by atoms with van der Waals surface area (Å²) in [4.78, 5) is 18.9. The molecule has 2 rings (SSSR count). The van der Waals surface area contributed by atoms with E-state index in [4.69, 9.17) is 0 Å². The molecule has 16 heavy (non-hydrogen) atoms. The number of hydrogen-bond donors (Lipinski definition) is 0. The molecule has 2 aliphatic heterocycles. The molecular formula is C12H23N3O. The zero-order valence-corrected chi connectivity index (χ0v) is 10.5. The second-order valence-corrected chi connectivity index (χ2v) is 4.90. The molecule has 1 atom stereocenters. The SMILES string of the molecule is CCN1CCN(C(=O)C2CCCN2C)CC1. The Morgan fingerprint density at radius 3 is 2.38 bits per heavy atom. The highest BCUT2D eigenvalue weighted by molar-refractivity contribution is 5.82. The van der Waals surface area contributed by atoms with E-state index in [9.17, 15) is 4.79 Å². The lowest BCUT2D eigenvalue weighted by Gasteiger charge is -2.36. The van der Waals surface area contributed by atoms with Crippen molar-refractivity contribution >= 4 is 5.91 Å². The van der Waals surface area contributed by atoms with E-state index < -0.39 is 0 Å². The number of rotatable bonds is 2. The normalized spacial score (nSPS) is 28.6. The molecule has 1 unspecified atom stereocenters. The van der Waals surface area contributed by atoms with Crippen LogP contribution >= 0.6 is 0 Å². The van der Waals surface area contributed by atoms with E-state index in [1.54, 1.807) is 0 Å². The summed E-state index contributed by atoms with van der Waals surface area (Å²) < 4.78 is 0. The molecule has 0 aliphatic carbocycles. The molecule has 0 aromatic heterocycles. The Kier molecular flexibility index (Phi) is 3.82. The summed E-state index contributed by atoms with van der Waals surface area (Å²) in [6.45, 7) is 8.27. The lowest BCUT2D eigenvalue weighted by atomic mass is 10.1. The van der Waals surface area contributed by atoms with Crippen molar-refractivity contribution in [1.82, 2.24) is 14.7 Å². The highest BCUT2D eigenvalue weighted by Gasteiger charge is 2.32. The standard InChI is InChI=1S/C12H23N3O/c1-3-14-7-9-15(10-8-14)12(16)11-5-4-6-13(11)2/h11H,3-10H2,1-2H3. The molecule has 2 fully saturated rings. The molecule has 0 aromatic rings. The fraction of sp³-hybridized carbons (Fsp3) is 0.917. The molecule has 4 heteroatoms. The van der Waals surface area contributed by atoms with Gasteiger partial charge in [0, 0.05) is 26.2 Å². The van der Waals surface area contributed by atoms with E-state index in [1.807, 2.05) is 0 Å². The molecule has 0 radical (unpaired) electrons. The number of piperazine rings is 1. The second kappa shape index (κ2) is 5.15. The summed E-state index contributed by atoms with van der Waals surface area (Å²) in [7, 11) is 2.07. The summed E-state index contributed by atoms with van der Waals surface area (Å²) in [6, 6.07) is 0.160. The smallest absolute Gasteiger partial charge is 0.240 e. The van der Waals surface area contributed by atoms with Gasteiger partial charge in [0.2, 0.25) is 5.91 Å². The fourth-order valence-corrected chi connectivity index (χ4v) is 2.72. The van der Waals surface area contributed by atoms with E-state index in [0.29, 0.717) is 5.91 Å². The van der Waals surface area contributed by atoms with Gasteiger partial charge in [0.1, 0.15) is 0 Å². The molecule has 2 saturated heterocycles. The molecule has 2 heterocycles. The lowest BCUT2D eigenvalue weighted by molar-refractivity contribution is -0.137. The van der Waals surface area contributed by atoms with Crippen LogP contribution in [-0.4, -0.2) is 73.0 Å². The Hall–Kier alpha value is -0.610. The van der Waals surface area contributed by atoms with Gasteiger partial charge in [-0.3, -0.25) is 9.69 Å². The highest BCUT2D eigenvalue weighted by atomic mass is 16.2. The van der Waals surface area contributed by atoms with Gasteiger partial charge >= 0.3 is 0 Å². The number of carbonyl (C=O) groups excluding carboxylic acids is 1. The van der Waals surface area contributed by atoms with Crippen molar-refractivity contribution in [3.63, 3.8) is 0 Å². The highest BCUT2D eigenvalue weighted by Crippen LogP contribution is 2.17. The summed E-state index contributed by atoms with van der Waals surface area (Å²) in [5, 5.41) is 0. The minimum atomic E-state index is 0.160. The largest absolute Gasteiger partial charge is 0.339 e. The third kappa shape index (κ3) is 2.38. The Bertz CT molecular complexity index is 249. The van der Waals surface area contributed by atoms with Gasteiger partial charge in [-0.05, 0) is 33.0 Å².